The predicted molar refractivity (Wildman–Crippen MR) is 85.9 cm³/mol. The average Bonchev–Trinajstić information content (AvgIpc) is 2.48. The third-order valence-corrected chi connectivity index (χ3v) is 4.87. The van der Waals surface area contributed by atoms with Gasteiger partial charge >= 0.3 is 0 Å². The highest BCUT2D eigenvalue weighted by atomic mass is 79.9. The van der Waals surface area contributed by atoms with E-state index in [2.05, 4.69) is 34.7 Å². The van der Waals surface area contributed by atoms with Crippen molar-refractivity contribution in [3.63, 3.8) is 0 Å². The Bertz CT molecular complexity index is 513. The Morgan fingerprint density at radius 1 is 1.38 bits per heavy atom. The lowest BCUT2D eigenvalue weighted by Gasteiger charge is -2.38. The molecule has 1 saturated heterocycles. The maximum atomic E-state index is 13.3. The minimum absolute atomic E-state index is 0.0429. The number of benzene rings is 1. The van der Waals surface area contributed by atoms with Crippen LogP contribution in [0.3, 0.4) is 0 Å². The zero-order chi connectivity index (χ0) is 15.6. The molecule has 0 aromatic heterocycles. The normalized spacial score (nSPS) is 17.2. The molecule has 1 aliphatic rings. The molecular weight excluding hydrogens is 335 g/mol. The van der Waals surface area contributed by atoms with Crippen LogP contribution in [0.2, 0.25) is 0 Å². The summed E-state index contributed by atoms with van der Waals surface area (Å²) in [7, 11) is 1.84. The highest BCUT2D eigenvalue weighted by Gasteiger charge is 2.27. The molecule has 3 nitrogen and oxygen atoms in total. The largest absolute Gasteiger partial charge is 0.339 e. The summed E-state index contributed by atoms with van der Waals surface area (Å²) < 4.78 is 13.6. The van der Waals surface area contributed by atoms with Gasteiger partial charge in [0.1, 0.15) is 5.82 Å². The van der Waals surface area contributed by atoms with Gasteiger partial charge in [0, 0.05) is 37.8 Å². The average molecular weight is 357 g/mol. The van der Waals surface area contributed by atoms with Crippen LogP contribution in [0.1, 0.15) is 37.0 Å². The molecule has 0 bridgehead atoms. The molecule has 1 heterocycles. The summed E-state index contributed by atoms with van der Waals surface area (Å²) in [4.78, 5) is 16.7. The highest BCUT2D eigenvalue weighted by Crippen LogP contribution is 2.21. The molecule has 116 valence electrons. The van der Waals surface area contributed by atoms with Gasteiger partial charge in [0.25, 0.3) is 5.91 Å². The molecule has 1 aromatic carbocycles. The van der Waals surface area contributed by atoms with Gasteiger partial charge in [-0.25, -0.2) is 4.39 Å². The van der Waals surface area contributed by atoms with E-state index in [1.165, 1.54) is 6.07 Å². The quantitative estimate of drug-likeness (QED) is 0.826. The lowest BCUT2D eigenvalue weighted by atomic mass is 10.0. The Kier molecular flexibility index (Phi) is 5.38. The molecule has 0 saturated carbocycles. The molecule has 0 radical (unpaired) electrons. The summed E-state index contributed by atoms with van der Waals surface area (Å²) in [5.41, 5.74) is 0.525. The van der Waals surface area contributed by atoms with Crippen molar-refractivity contribution in [2.24, 2.45) is 0 Å². The molecule has 1 amide bonds. The minimum Gasteiger partial charge on any atom is -0.339 e. The van der Waals surface area contributed by atoms with Gasteiger partial charge in [-0.15, -0.1) is 0 Å². The van der Waals surface area contributed by atoms with Crippen LogP contribution in [-0.4, -0.2) is 47.9 Å². The van der Waals surface area contributed by atoms with E-state index in [1.807, 2.05) is 7.05 Å². The van der Waals surface area contributed by atoms with Gasteiger partial charge in [-0.3, -0.25) is 4.79 Å². The molecule has 1 aliphatic heterocycles. The lowest BCUT2D eigenvalue weighted by Crippen LogP contribution is -2.47. The third-order valence-electron chi connectivity index (χ3n) is 4.26. The van der Waals surface area contributed by atoms with Crippen molar-refractivity contribution in [3.05, 3.63) is 34.1 Å². The molecule has 1 aromatic rings. The van der Waals surface area contributed by atoms with E-state index >= 15 is 0 Å². The van der Waals surface area contributed by atoms with Gasteiger partial charge in [-0.2, -0.15) is 0 Å². The fourth-order valence-electron chi connectivity index (χ4n) is 2.79. The summed E-state index contributed by atoms with van der Waals surface area (Å²) in [6.45, 7) is 6.44. The summed E-state index contributed by atoms with van der Waals surface area (Å²) in [6, 6.07) is 5.24. The standard InChI is InChI=1S/C16H22BrFN2O/c1-11(2)20-8-6-13(7-9-20)19(3)16(21)12-4-5-15(18)14(17)10-12/h4-5,10-11,13H,6-9H2,1-3H3. The van der Waals surface area contributed by atoms with Crippen molar-refractivity contribution in [3.8, 4) is 0 Å². The molecular formula is C16H22BrFN2O. The van der Waals surface area contributed by atoms with Gasteiger partial charge in [0.05, 0.1) is 4.47 Å². The zero-order valence-corrected chi connectivity index (χ0v) is 14.4. The third kappa shape index (κ3) is 3.83. The van der Waals surface area contributed by atoms with Gasteiger partial charge < -0.3 is 9.80 Å². The van der Waals surface area contributed by atoms with E-state index in [0.717, 1.165) is 25.9 Å². The van der Waals surface area contributed by atoms with Crippen LogP contribution in [0.25, 0.3) is 0 Å². The van der Waals surface area contributed by atoms with Crippen LogP contribution in [0.15, 0.2) is 22.7 Å². The summed E-state index contributed by atoms with van der Waals surface area (Å²) in [6.07, 6.45) is 1.98. The van der Waals surface area contributed by atoms with Crippen LogP contribution >= 0.6 is 15.9 Å². The number of carbonyl (C=O) groups excluding carboxylic acids is 1. The number of nitrogens with zero attached hydrogens (tertiary/aromatic N) is 2. The molecule has 0 aliphatic carbocycles. The van der Waals surface area contributed by atoms with Crippen LogP contribution in [0.5, 0.6) is 0 Å². The second-order valence-electron chi connectivity index (χ2n) is 5.91. The maximum absolute atomic E-state index is 13.3. The van der Waals surface area contributed by atoms with E-state index in [9.17, 15) is 9.18 Å². The highest BCUT2D eigenvalue weighted by molar-refractivity contribution is 9.10. The molecule has 0 atom stereocenters. The Balaban J connectivity index is 2.01. The smallest absolute Gasteiger partial charge is 0.253 e. The minimum atomic E-state index is -0.348. The summed E-state index contributed by atoms with van der Waals surface area (Å²) >= 11 is 3.13. The van der Waals surface area contributed by atoms with Gasteiger partial charge in [0.2, 0.25) is 0 Å². The SMILES string of the molecule is CC(C)N1CCC(N(C)C(=O)c2ccc(F)c(Br)c2)CC1. The second-order valence-corrected chi connectivity index (χ2v) is 6.76. The monoisotopic (exact) mass is 356 g/mol. The van der Waals surface area contributed by atoms with Crippen molar-refractivity contribution < 1.29 is 9.18 Å². The van der Waals surface area contributed by atoms with Crippen molar-refractivity contribution in [2.75, 3.05) is 20.1 Å². The second kappa shape index (κ2) is 6.88. The predicted octanol–water partition coefficient (Wildman–Crippen LogP) is 3.53. The first-order chi connectivity index (χ1) is 9.90. The number of amides is 1. The first kappa shape index (κ1) is 16.4. The first-order valence-electron chi connectivity index (χ1n) is 7.36. The van der Waals surface area contributed by atoms with E-state index in [-0.39, 0.29) is 17.8 Å². The summed E-state index contributed by atoms with van der Waals surface area (Å²) in [5, 5.41) is 0. The maximum Gasteiger partial charge on any atom is 0.253 e. The fraction of sp³-hybridized carbons (Fsp3) is 0.562. The van der Waals surface area contributed by atoms with E-state index in [0.29, 0.717) is 16.1 Å². The van der Waals surface area contributed by atoms with Gasteiger partial charge in [0.15, 0.2) is 0 Å². The Labute approximate surface area is 134 Å². The molecule has 0 spiro atoms. The first-order valence-corrected chi connectivity index (χ1v) is 8.15. The van der Waals surface area contributed by atoms with E-state index < -0.39 is 0 Å². The van der Waals surface area contributed by atoms with E-state index in [1.54, 1.807) is 17.0 Å². The number of hydrogen-bond acceptors (Lipinski definition) is 2. The van der Waals surface area contributed by atoms with Crippen molar-refractivity contribution in [1.82, 2.24) is 9.80 Å². The summed E-state index contributed by atoms with van der Waals surface area (Å²) in [5.74, 6) is -0.391. The lowest BCUT2D eigenvalue weighted by molar-refractivity contribution is 0.0615. The molecule has 0 N–H and O–H groups in total. The van der Waals surface area contributed by atoms with E-state index in [4.69, 9.17) is 0 Å². The van der Waals surface area contributed by atoms with Crippen molar-refractivity contribution >= 4 is 21.8 Å². The Morgan fingerprint density at radius 3 is 2.52 bits per heavy atom. The number of likely N-dealkylation sites (tertiary alicyclic amines) is 1. The van der Waals surface area contributed by atoms with Crippen LogP contribution < -0.4 is 0 Å². The Morgan fingerprint density at radius 2 is 2.00 bits per heavy atom. The van der Waals surface area contributed by atoms with Crippen LogP contribution in [0, 0.1) is 5.82 Å². The topological polar surface area (TPSA) is 23.6 Å². The van der Waals surface area contributed by atoms with Gasteiger partial charge in [-0.05, 0) is 60.8 Å². The van der Waals surface area contributed by atoms with Crippen molar-refractivity contribution in [1.29, 1.82) is 0 Å². The van der Waals surface area contributed by atoms with Crippen molar-refractivity contribution in [2.45, 2.75) is 38.8 Å². The van der Waals surface area contributed by atoms with Gasteiger partial charge in [-0.1, -0.05) is 0 Å². The number of carbonyl (C=O) groups is 1. The molecule has 21 heavy (non-hydrogen) atoms. The zero-order valence-electron chi connectivity index (χ0n) is 12.8. The molecule has 2 rings (SSSR count). The Hall–Kier alpha value is -0.940. The molecule has 0 unspecified atom stereocenters. The number of rotatable bonds is 3. The van der Waals surface area contributed by atoms with Crippen LogP contribution in [0.4, 0.5) is 4.39 Å². The number of halogens is 2. The van der Waals surface area contributed by atoms with Crippen LogP contribution in [-0.2, 0) is 0 Å². The fourth-order valence-corrected chi connectivity index (χ4v) is 3.17. The number of hydrogen-bond donors (Lipinski definition) is 0. The molecule has 1 fully saturated rings. The molecule has 5 heteroatoms. The number of piperidine rings is 1.